The molecule has 1 aromatic heterocycles. The summed E-state index contributed by atoms with van der Waals surface area (Å²) in [4.78, 5) is 10.3. The van der Waals surface area contributed by atoms with Gasteiger partial charge in [0.05, 0.1) is 4.47 Å². The van der Waals surface area contributed by atoms with E-state index < -0.39 is 0 Å². The molecule has 1 aromatic rings. The summed E-state index contributed by atoms with van der Waals surface area (Å²) < 4.78 is 0.900. The summed E-state index contributed by atoms with van der Waals surface area (Å²) in [5, 5.41) is 0.299. The molecule has 0 bridgehead atoms. The first-order chi connectivity index (χ1) is 6.48. The Bertz CT molecular complexity index is 359. The molecule has 1 aliphatic rings. The van der Waals surface area contributed by atoms with Gasteiger partial charge in [-0.2, -0.15) is 4.98 Å². The molecule has 0 atom stereocenters. The molecule has 0 aliphatic carbocycles. The molecule has 2 rings (SSSR count). The van der Waals surface area contributed by atoms with Crippen molar-refractivity contribution in [3.05, 3.63) is 16.0 Å². The first-order valence-corrected chi connectivity index (χ1v) is 5.58. The van der Waals surface area contributed by atoms with Crippen molar-refractivity contribution in [1.82, 2.24) is 9.97 Å². The maximum absolute atomic E-state index is 5.74. The zero-order valence-electron chi connectivity index (χ0n) is 8.09. The highest BCUT2D eigenvalue weighted by molar-refractivity contribution is 9.10. The Hall–Kier alpha value is -0.350. The van der Waals surface area contributed by atoms with E-state index in [0.29, 0.717) is 10.7 Å². The Labute approximate surface area is 96.6 Å². The highest BCUT2D eigenvalue weighted by Crippen LogP contribution is 2.35. The van der Waals surface area contributed by atoms with E-state index in [1.54, 1.807) is 6.20 Å². The van der Waals surface area contributed by atoms with Gasteiger partial charge in [0.15, 0.2) is 0 Å². The van der Waals surface area contributed by atoms with Crippen LogP contribution in [0.4, 0.5) is 5.82 Å². The molecular formula is C9H11BrClN3. The van der Waals surface area contributed by atoms with Gasteiger partial charge in [0.25, 0.3) is 0 Å². The topological polar surface area (TPSA) is 29.0 Å². The highest BCUT2D eigenvalue weighted by Gasteiger charge is 2.35. The molecule has 2 heterocycles. The number of aromatic nitrogens is 2. The number of nitrogens with zero attached hydrogens (tertiary/aromatic N) is 3. The monoisotopic (exact) mass is 275 g/mol. The van der Waals surface area contributed by atoms with Crippen molar-refractivity contribution in [3.8, 4) is 0 Å². The van der Waals surface area contributed by atoms with Crippen LogP contribution in [0.1, 0.15) is 13.8 Å². The third kappa shape index (κ3) is 1.86. The summed E-state index contributed by atoms with van der Waals surface area (Å²) in [6.45, 7) is 6.50. The Morgan fingerprint density at radius 2 is 2.14 bits per heavy atom. The molecule has 0 saturated carbocycles. The second kappa shape index (κ2) is 3.35. The number of halogens is 2. The lowest BCUT2D eigenvalue weighted by Crippen LogP contribution is -2.53. The van der Waals surface area contributed by atoms with Crippen molar-refractivity contribution in [3.63, 3.8) is 0 Å². The Kier molecular flexibility index (Phi) is 2.43. The van der Waals surface area contributed by atoms with Gasteiger partial charge >= 0.3 is 0 Å². The summed E-state index contributed by atoms with van der Waals surface area (Å²) in [7, 11) is 0. The van der Waals surface area contributed by atoms with E-state index in [1.165, 1.54) is 0 Å². The summed E-state index contributed by atoms with van der Waals surface area (Å²) in [6.07, 6.45) is 1.69. The normalized spacial score (nSPS) is 19.3. The van der Waals surface area contributed by atoms with Gasteiger partial charge in [-0.25, -0.2) is 4.98 Å². The Balaban J connectivity index is 2.22. The summed E-state index contributed by atoms with van der Waals surface area (Å²) in [5.41, 5.74) is 0.386. The molecule has 1 saturated heterocycles. The van der Waals surface area contributed by atoms with Crippen LogP contribution in [0.3, 0.4) is 0 Å². The zero-order chi connectivity index (χ0) is 10.3. The van der Waals surface area contributed by atoms with Crippen molar-refractivity contribution in [1.29, 1.82) is 0 Å². The van der Waals surface area contributed by atoms with Crippen LogP contribution in [-0.2, 0) is 0 Å². The first kappa shape index (κ1) is 10.2. The molecule has 14 heavy (non-hydrogen) atoms. The third-order valence-electron chi connectivity index (χ3n) is 2.23. The van der Waals surface area contributed by atoms with Gasteiger partial charge in [-0.1, -0.05) is 13.8 Å². The quantitative estimate of drug-likeness (QED) is 0.739. The van der Waals surface area contributed by atoms with Crippen LogP contribution in [0.2, 0.25) is 5.28 Å². The van der Waals surface area contributed by atoms with E-state index in [2.05, 4.69) is 44.6 Å². The van der Waals surface area contributed by atoms with Crippen LogP contribution in [0.25, 0.3) is 0 Å². The van der Waals surface area contributed by atoms with Crippen molar-refractivity contribution >= 4 is 33.3 Å². The van der Waals surface area contributed by atoms with E-state index in [-0.39, 0.29) is 0 Å². The molecule has 5 heteroatoms. The number of anilines is 1. The van der Waals surface area contributed by atoms with E-state index in [1.807, 2.05) is 0 Å². The molecule has 0 amide bonds. The van der Waals surface area contributed by atoms with E-state index in [0.717, 1.165) is 23.4 Å². The maximum atomic E-state index is 5.74. The molecule has 3 nitrogen and oxygen atoms in total. The second-order valence-electron chi connectivity index (χ2n) is 4.33. The van der Waals surface area contributed by atoms with Gasteiger partial charge in [-0.3, -0.25) is 0 Å². The number of hydrogen-bond donors (Lipinski definition) is 0. The van der Waals surface area contributed by atoms with E-state index >= 15 is 0 Å². The van der Waals surface area contributed by atoms with Gasteiger partial charge in [-0.15, -0.1) is 0 Å². The van der Waals surface area contributed by atoms with Crippen LogP contribution in [0.5, 0.6) is 0 Å². The average molecular weight is 277 g/mol. The Morgan fingerprint density at radius 1 is 1.50 bits per heavy atom. The highest BCUT2D eigenvalue weighted by atomic mass is 79.9. The van der Waals surface area contributed by atoms with Crippen molar-refractivity contribution in [2.75, 3.05) is 18.0 Å². The van der Waals surface area contributed by atoms with Crippen LogP contribution >= 0.6 is 27.5 Å². The van der Waals surface area contributed by atoms with Gasteiger partial charge in [-0.05, 0) is 32.9 Å². The largest absolute Gasteiger partial charge is 0.354 e. The van der Waals surface area contributed by atoms with Crippen molar-refractivity contribution < 1.29 is 0 Å². The van der Waals surface area contributed by atoms with Crippen LogP contribution in [0.15, 0.2) is 10.7 Å². The van der Waals surface area contributed by atoms with Crippen molar-refractivity contribution in [2.45, 2.75) is 13.8 Å². The van der Waals surface area contributed by atoms with E-state index in [9.17, 15) is 0 Å². The molecule has 0 unspecified atom stereocenters. The molecule has 0 spiro atoms. The van der Waals surface area contributed by atoms with Gasteiger partial charge in [0.2, 0.25) is 5.28 Å². The van der Waals surface area contributed by atoms with Crippen LogP contribution < -0.4 is 4.90 Å². The third-order valence-corrected chi connectivity index (χ3v) is 2.98. The van der Waals surface area contributed by atoms with Gasteiger partial charge < -0.3 is 4.90 Å². The predicted molar refractivity (Wildman–Crippen MR) is 60.7 cm³/mol. The summed E-state index contributed by atoms with van der Waals surface area (Å²) in [5.74, 6) is 0.893. The standard InChI is InChI=1S/C9H11BrClN3/c1-9(2)4-14(5-9)7-6(10)3-12-8(11)13-7/h3H,4-5H2,1-2H3. The average Bonchev–Trinajstić information content (AvgIpc) is 2.05. The van der Waals surface area contributed by atoms with E-state index in [4.69, 9.17) is 11.6 Å². The molecule has 0 radical (unpaired) electrons. The lowest BCUT2D eigenvalue weighted by molar-refractivity contribution is 0.274. The molecular weight excluding hydrogens is 265 g/mol. The molecule has 0 aromatic carbocycles. The van der Waals surface area contributed by atoms with Crippen molar-refractivity contribution in [2.24, 2.45) is 5.41 Å². The molecule has 0 N–H and O–H groups in total. The zero-order valence-corrected chi connectivity index (χ0v) is 10.4. The smallest absolute Gasteiger partial charge is 0.224 e. The minimum absolute atomic E-state index is 0.299. The number of rotatable bonds is 1. The summed E-state index contributed by atoms with van der Waals surface area (Å²) in [6, 6.07) is 0. The molecule has 76 valence electrons. The van der Waals surface area contributed by atoms with Gasteiger partial charge in [0.1, 0.15) is 5.82 Å². The SMILES string of the molecule is CC1(C)CN(c2nc(Cl)ncc2Br)C1. The lowest BCUT2D eigenvalue weighted by atomic mass is 9.84. The fraction of sp³-hybridized carbons (Fsp3) is 0.556. The minimum atomic E-state index is 0.299. The molecule has 1 fully saturated rings. The maximum Gasteiger partial charge on any atom is 0.224 e. The Morgan fingerprint density at radius 3 is 2.71 bits per heavy atom. The second-order valence-corrected chi connectivity index (χ2v) is 5.52. The van der Waals surface area contributed by atoms with Crippen LogP contribution in [-0.4, -0.2) is 23.1 Å². The molecule has 1 aliphatic heterocycles. The number of hydrogen-bond acceptors (Lipinski definition) is 3. The fourth-order valence-corrected chi connectivity index (χ4v) is 2.27. The predicted octanol–water partition coefficient (Wildman–Crippen LogP) is 2.74. The summed E-state index contributed by atoms with van der Waals surface area (Å²) >= 11 is 9.16. The lowest BCUT2D eigenvalue weighted by Gasteiger charge is -2.46. The van der Waals surface area contributed by atoms with Gasteiger partial charge in [0, 0.05) is 19.3 Å². The minimum Gasteiger partial charge on any atom is -0.354 e. The first-order valence-electron chi connectivity index (χ1n) is 4.41. The fourth-order valence-electron chi connectivity index (χ4n) is 1.70. The van der Waals surface area contributed by atoms with Crippen LogP contribution in [0, 0.1) is 5.41 Å².